The number of carbonyl (C=O) groups is 2. The second kappa shape index (κ2) is 8.73. The van der Waals surface area contributed by atoms with Gasteiger partial charge in [0.05, 0.1) is 18.7 Å². The standard InChI is InChI=1S/C19H27N3O3.ClH/c1-13-7-8-21(15(9-13)11-20)19(24)14-10-18(23)22(12-14)16-5-3-4-6-17(16)25-2;/h3-6,13-15H,7-12,20H2,1-2H3;1H. The predicted molar refractivity (Wildman–Crippen MR) is 104 cm³/mol. The number of likely N-dealkylation sites (tertiary alicyclic amines) is 1. The molecule has 144 valence electrons. The van der Waals surface area contributed by atoms with Crippen molar-refractivity contribution >= 4 is 29.9 Å². The fraction of sp³-hybridized carbons (Fsp3) is 0.579. The molecule has 2 fully saturated rings. The second-order valence-corrected chi connectivity index (χ2v) is 7.13. The number of amides is 2. The molecule has 2 N–H and O–H groups in total. The molecule has 2 heterocycles. The van der Waals surface area contributed by atoms with E-state index in [9.17, 15) is 9.59 Å². The van der Waals surface area contributed by atoms with Crippen molar-refractivity contribution in [2.24, 2.45) is 17.6 Å². The van der Waals surface area contributed by atoms with E-state index in [2.05, 4.69) is 6.92 Å². The van der Waals surface area contributed by atoms with Crippen LogP contribution in [0, 0.1) is 11.8 Å². The molecule has 0 saturated carbocycles. The molecule has 2 saturated heterocycles. The maximum absolute atomic E-state index is 13.0. The largest absolute Gasteiger partial charge is 0.495 e. The summed E-state index contributed by atoms with van der Waals surface area (Å²) in [6.45, 7) is 3.82. The topological polar surface area (TPSA) is 75.9 Å². The fourth-order valence-corrected chi connectivity index (χ4v) is 3.96. The van der Waals surface area contributed by atoms with Crippen LogP contribution in [0.1, 0.15) is 26.2 Å². The van der Waals surface area contributed by atoms with E-state index in [4.69, 9.17) is 10.5 Å². The lowest BCUT2D eigenvalue weighted by Crippen LogP contribution is -2.51. The van der Waals surface area contributed by atoms with Crippen molar-refractivity contribution in [3.8, 4) is 5.75 Å². The Morgan fingerprint density at radius 3 is 2.77 bits per heavy atom. The molecular weight excluding hydrogens is 354 g/mol. The van der Waals surface area contributed by atoms with Crippen LogP contribution in [0.25, 0.3) is 0 Å². The monoisotopic (exact) mass is 381 g/mol. The number of nitrogens with two attached hydrogens (primary N) is 1. The summed E-state index contributed by atoms with van der Waals surface area (Å²) < 4.78 is 5.36. The van der Waals surface area contributed by atoms with E-state index >= 15 is 0 Å². The van der Waals surface area contributed by atoms with Gasteiger partial charge in [0.25, 0.3) is 0 Å². The van der Waals surface area contributed by atoms with Crippen molar-refractivity contribution in [1.82, 2.24) is 4.90 Å². The van der Waals surface area contributed by atoms with Gasteiger partial charge >= 0.3 is 0 Å². The highest BCUT2D eigenvalue weighted by atomic mass is 35.5. The molecule has 3 rings (SSSR count). The number of ether oxygens (including phenoxy) is 1. The van der Waals surface area contributed by atoms with E-state index in [1.807, 2.05) is 29.2 Å². The Morgan fingerprint density at radius 1 is 1.35 bits per heavy atom. The quantitative estimate of drug-likeness (QED) is 0.866. The molecule has 2 aliphatic rings. The third-order valence-corrected chi connectivity index (χ3v) is 5.38. The Morgan fingerprint density at radius 2 is 2.08 bits per heavy atom. The number of hydrogen-bond acceptors (Lipinski definition) is 4. The van der Waals surface area contributed by atoms with Crippen LogP contribution >= 0.6 is 12.4 Å². The van der Waals surface area contributed by atoms with E-state index < -0.39 is 0 Å². The van der Waals surface area contributed by atoms with Crippen LogP contribution in [0.4, 0.5) is 5.69 Å². The minimum absolute atomic E-state index is 0. The summed E-state index contributed by atoms with van der Waals surface area (Å²) in [5.41, 5.74) is 6.62. The molecule has 2 aliphatic heterocycles. The average molecular weight is 382 g/mol. The maximum atomic E-state index is 13.0. The van der Waals surface area contributed by atoms with Gasteiger partial charge in [0.1, 0.15) is 5.75 Å². The Kier molecular flexibility index (Phi) is 6.89. The number of halogens is 1. The smallest absolute Gasteiger partial charge is 0.228 e. The van der Waals surface area contributed by atoms with Crippen LogP contribution in [0.15, 0.2) is 24.3 Å². The summed E-state index contributed by atoms with van der Waals surface area (Å²) in [6, 6.07) is 7.51. The highest BCUT2D eigenvalue weighted by Crippen LogP contribution is 2.34. The van der Waals surface area contributed by atoms with Gasteiger partial charge < -0.3 is 20.3 Å². The van der Waals surface area contributed by atoms with Crippen molar-refractivity contribution in [1.29, 1.82) is 0 Å². The predicted octanol–water partition coefficient (Wildman–Crippen LogP) is 2.06. The molecule has 0 aliphatic carbocycles. The molecule has 3 unspecified atom stereocenters. The zero-order valence-corrected chi connectivity index (χ0v) is 16.2. The molecule has 7 heteroatoms. The third-order valence-electron chi connectivity index (χ3n) is 5.38. The zero-order chi connectivity index (χ0) is 18.0. The van der Waals surface area contributed by atoms with Crippen molar-refractivity contribution in [2.75, 3.05) is 31.6 Å². The third kappa shape index (κ3) is 3.96. The molecule has 26 heavy (non-hydrogen) atoms. The molecule has 0 spiro atoms. The van der Waals surface area contributed by atoms with Crippen LogP contribution in [0.5, 0.6) is 5.75 Å². The van der Waals surface area contributed by atoms with Gasteiger partial charge in [-0.15, -0.1) is 12.4 Å². The summed E-state index contributed by atoms with van der Waals surface area (Å²) in [5.74, 6) is 0.967. The van der Waals surface area contributed by atoms with Crippen LogP contribution in [-0.2, 0) is 9.59 Å². The highest BCUT2D eigenvalue weighted by molar-refractivity contribution is 6.01. The Labute approximate surface area is 161 Å². The van der Waals surface area contributed by atoms with Gasteiger partial charge in [0.15, 0.2) is 0 Å². The minimum atomic E-state index is -0.306. The molecule has 6 nitrogen and oxygen atoms in total. The number of piperidine rings is 1. The van der Waals surface area contributed by atoms with Gasteiger partial charge in [-0.3, -0.25) is 9.59 Å². The summed E-state index contributed by atoms with van der Waals surface area (Å²) in [7, 11) is 1.59. The highest BCUT2D eigenvalue weighted by Gasteiger charge is 2.40. The molecule has 0 bridgehead atoms. The SMILES string of the molecule is COc1ccccc1N1CC(C(=O)N2CCC(C)CC2CN)CC1=O.Cl. The average Bonchev–Trinajstić information content (AvgIpc) is 3.02. The lowest BCUT2D eigenvalue weighted by Gasteiger charge is -2.39. The van der Waals surface area contributed by atoms with Crippen LogP contribution < -0.4 is 15.4 Å². The number of benzene rings is 1. The Bertz CT molecular complexity index is 655. The summed E-state index contributed by atoms with van der Waals surface area (Å²) in [4.78, 5) is 29.1. The van der Waals surface area contributed by atoms with E-state index in [-0.39, 0.29) is 42.6 Å². The normalized spacial score (nSPS) is 25.8. The number of carbonyl (C=O) groups excluding carboxylic acids is 2. The van der Waals surface area contributed by atoms with Crippen LogP contribution in [0.3, 0.4) is 0 Å². The van der Waals surface area contributed by atoms with E-state index in [0.717, 1.165) is 25.1 Å². The van der Waals surface area contributed by atoms with Gasteiger partial charge in [0.2, 0.25) is 11.8 Å². The minimum Gasteiger partial charge on any atom is -0.495 e. The van der Waals surface area contributed by atoms with E-state index in [1.165, 1.54) is 0 Å². The number of methoxy groups -OCH3 is 1. The van der Waals surface area contributed by atoms with E-state index in [1.54, 1.807) is 12.0 Å². The lowest BCUT2D eigenvalue weighted by atomic mass is 9.91. The Balaban J connectivity index is 0.00000243. The van der Waals surface area contributed by atoms with Crippen molar-refractivity contribution < 1.29 is 14.3 Å². The number of rotatable bonds is 4. The van der Waals surface area contributed by atoms with Crippen molar-refractivity contribution in [3.63, 3.8) is 0 Å². The maximum Gasteiger partial charge on any atom is 0.228 e. The first-order chi connectivity index (χ1) is 12.0. The first-order valence-corrected chi connectivity index (χ1v) is 8.99. The molecule has 2 amide bonds. The van der Waals surface area contributed by atoms with Gasteiger partial charge in [-0.2, -0.15) is 0 Å². The number of hydrogen-bond donors (Lipinski definition) is 1. The van der Waals surface area contributed by atoms with Crippen molar-refractivity contribution in [3.05, 3.63) is 24.3 Å². The van der Waals surface area contributed by atoms with Crippen molar-refractivity contribution in [2.45, 2.75) is 32.2 Å². The van der Waals surface area contributed by atoms with Gasteiger partial charge in [-0.1, -0.05) is 19.1 Å². The van der Waals surface area contributed by atoms with Gasteiger partial charge in [0, 0.05) is 32.1 Å². The molecule has 0 radical (unpaired) electrons. The van der Waals surface area contributed by atoms with E-state index in [0.29, 0.717) is 24.8 Å². The number of para-hydroxylation sites is 2. The number of nitrogens with zero attached hydrogens (tertiary/aromatic N) is 2. The second-order valence-electron chi connectivity index (χ2n) is 7.13. The Hall–Kier alpha value is -1.79. The molecule has 3 atom stereocenters. The first-order valence-electron chi connectivity index (χ1n) is 8.99. The fourth-order valence-electron chi connectivity index (χ4n) is 3.96. The lowest BCUT2D eigenvalue weighted by molar-refractivity contribution is -0.139. The van der Waals surface area contributed by atoms with Crippen LogP contribution in [-0.4, -0.2) is 49.5 Å². The summed E-state index contributed by atoms with van der Waals surface area (Å²) in [6.07, 6.45) is 2.19. The summed E-state index contributed by atoms with van der Waals surface area (Å²) >= 11 is 0. The zero-order valence-electron chi connectivity index (χ0n) is 15.4. The van der Waals surface area contributed by atoms with Gasteiger partial charge in [-0.05, 0) is 30.9 Å². The van der Waals surface area contributed by atoms with Gasteiger partial charge in [-0.25, -0.2) is 0 Å². The number of anilines is 1. The molecule has 0 aromatic heterocycles. The summed E-state index contributed by atoms with van der Waals surface area (Å²) in [5, 5.41) is 0. The molecule has 1 aromatic carbocycles. The van der Waals surface area contributed by atoms with Crippen LogP contribution in [0.2, 0.25) is 0 Å². The molecule has 1 aromatic rings. The molecular formula is C19H28ClN3O3. The first kappa shape index (κ1) is 20.5.